The number of hydrogen-bond donors (Lipinski definition) is 2. The van der Waals surface area contributed by atoms with Gasteiger partial charge in [-0.1, -0.05) is 30.3 Å². The van der Waals surface area contributed by atoms with E-state index < -0.39 is 0 Å². The maximum Gasteiger partial charge on any atom is 0.257 e. The van der Waals surface area contributed by atoms with Gasteiger partial charge in [0.2, 0.25) is 17.7 Å². The number of imide groups is 1. The van der Waals surface area contributed by atoms with Crippen LogP contribution in [0.5, 0.6) is 0 Å². The molecule has 2 heterocycles. The maximum absolute atomic E-state index is 12.7. The molecule has 33 heavy (non-hydrogen) atoms. The summed E-state index contributed by atoms with van der Waals surface area (Å²) >= 11 is 1.30. The highest BCUT2D eigenvalue weighted by molar-refractivity contribution is 7.14. The molecule has 1 aromatic heterocycles. The van der Waals surface area contributed by atoms with Crippen molar-refractivity contribution in [2.75, 3.05) is 10.2 Å². The summed E-state index contributed by atoms with van der Waals surface area (Å²) < 4.78 is 0. The summed E-state index contributed by atoms with van der Waals surface area (Å²) in [5.74, 6) is -0.994. The van der Waals surface area contributed by atoms with E-state index in [1.165, 1.54) is 24.3 Å². The molecule has 9 heteroatoms. The van der Waals surface area contributed by atoms with Crippen LogP contribution in [0.4, 0.5) is 10.8 Å². The van der Waals surface area contributed by atoms with E-state index >= 15 is 0 Å². The van der Waals surface area contributed by atoms with Gasteiger partial charge in [0.15, 0.2) is 5.13 Å². The SMILES string of the molecule is CC(=O)NC(C)c1ccc(-c2csc(NC(=O)c3cccc(N4C(=O)CCC4=O)c3)n2)cc1. The van der Waals surface area contributed by atoms with Crippen LogP contribution in [0.2, 0.25) is 0 Å². The average molecular weight is 463 g/mol. The number of anilines is 2. The lowest BCUT2D eigenvalue weighted by atomic mass is 10.1. The van der Waals surface area contributed by atoms with Crippen LogP contribution >= 0.6 is 11.3 Å². The molecule has 2 aromatic carbocycles. The lowest BCUT2D eigenvalue weighted by Gasteiger charge is -2.14. The average Bonchev–Trinajstić information content (AvgIpc) is 3.39. The molecule has 1 saturated heterocycles. The van der Waals surface area contributed by atoms with Crippen LogP contribution in [0, 0.1) is 0 Å². The number of carbonyl (C=O) groups is 4. The summed E-state index contributed by atoms with van der Waals surface area (Å²) in [6.45, 7) is 3.40. The Morgan fingerprint density at radius 1 is 1.06 bits per heavy atom. The minimum absolute atomic E-state index is 0.0874. The lowest BCUT2D eigenvalue weighted by molar-refractivity contribution is -0.121. The van der Waals surface area contributed by atoms with Gasteiger partial charge in [-0.15, -0.1) is 11.3 Å². The van der Waals surface area contributed by atoms with E-state index in [9.17, 15) is 19.2 Å². The number of rotatable bonds is 6. The van der Waals surface area contributed by atoms with Gasteiger partial charge < -0.3 is 5.32 Å². The normalized spacial score (nSPS) is 14.3. The molecule has 168 valence electrons. The van der Waals surface area contributed by atoms with Crippen molar-refractivity contribution in [3.05, 3.63) is 65.0 Å². The van der Waals surface area contributed by atoms with Crippen molar-refractivity contribution in [2.24, 2.45) is 0 Å². The van der Waals surface area contributed by atoms with Crippen molar-refractivity contribution in [3.8, 4) is 11.3 Å². The first-order chi connectivity index (χ1) is 15.8. The van der Waals surface area contributed by atoms with Crippen LogP contribution < -0.4 is 15.5 Å². The number of nitrogens with zero attached hydrogens (tertiary/aromatic N) is 2. The van der Waals surface area contributed by atoms with Crippen molar-refractivity contribution in [2.45, 2.75) is 32.7 Å². The Kier molecular flexibility index (Phi) is 6.32. The van der Waals surface area contributed by atoms with Gasteiger partial charge in [0.25, 0.3) is 5.91 Å². The van der Waals surface area contributed by atoms with Gasteiger partial charge in [0.05, 0.1) is 17.4 Å². The van der Waals surface area contributed by atoms with E-state index in [-0.39, 0.29) is 42.5 Å². The zero-order valence-electron chi connectivity index (χ0n) is 18.1. The van der Waals surface area contributed by atoms with E-state index in [2.05, 4.69) is 15.6 Å². The van der Waals surface area contributed by atoms with E-state index in [4.69, 9.17) is 0 Å². The molecule has 8 nitrogen and oxygen atoms in total. The summed E-state index contributed by atoms with van der Waals surface area (Å²) in [4.78, 5) is 53.5. The molecule has 1 aliphatic rings. The third-order valence-corrected chi connectivity index (χ3v) is 6.03. The predicted molar refractivity (Wildman–Crippen MR) is 126 cm³/mol. The van der Waals surface area contributed by atoms with Crippen LogP contribution in [0.3, 0.4) is 0 Å². The highest BCUT2D eigenvalue weighted by atomic mass is 32.1. The van der Waals surface area contributed by atoms with Crippen molar-refractivity contribution in [1.29, 1.82) is 0 Å². The third-order valence-electron chi connectivity index (χ3n) is 5.27. The van der Waals surface area contributed by atoms with Gasteiger partial charge in [-0.25, -0.2) is 4.98 Å². The van der Waals surface area contributed by atoms with Crippen LogP contribution in [-0.4, -0.2) is 28.6 Å². The van der Waals surface area contributed by atoms with Gasteiger partial charge in [0, 0.05) is 36.3 Å². The molecule has 1 atom stereocenters. The van der Waals surface area contributed by atoms with E-state index in [1.54, 1.807) is 18.2 Å². The second kappa shape index (κ2) is 9.33. The molecule has 0 bridgehead atoms. The zero-order chi connectivity index (χ0) is 23.5. The fraction of sp³-hybridized carbons (Fsp3) is 0.208. The van der Waals surface area contributed by atoms with Crippen LogP contribution in [-0.2, 0) is 14.4 Å². The molecule has 1 aliphatic heterocycles. The molecular formula is C24H22N4O4S. The second-order valence-electron chi connectivity index (χ2n) is 7.71. The molecule has 1 unspecified atom stereocenters. The van der Waals surface area contributed by atoms with Crippen LogP contribution in [0.25, 0.3) is 11.3 Å². The highest BCUT2D eigenvalue weighted by Crippen LogP contribution is 2.27. The Bertz CT molecular complexity index is 1220. The molecule has 0 spiro atoms. The Balaban J connectivity index is 1.45. The summed E-state index contributed by atoms with van der Waals surface area (Å²) in [5.41, 5.74) is 3.30. The van der Waals surface area contributed by atoms with Gasteiger partial charge in [-0.3, -0.25) is 29.4 Å². The highest BCUT2D eigenvalue weighted by Gasteiger charge is 2.30. The van der Waals surface area contributed by atoms with Gasteiger partial charge >= 0.3 is 0 Å². The number of benzene rings is 2. The minimum Gasteiger partial charge on any atom is -0.350 e. The van der Waals surface area contributed by atoms with Crippen molar-refractivity contribution in [1.82, 2.24) is 10.3 Å². The molecule has 1 fully saturated rings. The first kappa shape index (κ1) is 22.3. The molecule has 0 saturated carbocycles. The Morgan fingerprint density at radius 3 is 2.42 bits per heavy atom. The third kappa shape index (κ3) is 4.98. The minimum atomic E-state index is -0.378. The number of amides is 4. The summed E-state index contributed by atoms with van der Waals surface area (Å²) in [7, 11) is 0. The molecule has 2 N–H and O–H groups in total. The number of thiazole rings is 1. The van der Waals surface area contributed by atoms with Gasteiger partial charge in [-0.05, 0) is 30.7 Å². The Hall–Kier alpha value is -3.85. The largest absolute Gasteiger partial charge is 0.350 e. The van der Waals surface area contributed by atoms with Crippen molar-refractivity contribution in [3.63, 3.8) is 0 Å². The van der Waals surface area contributed by atoms with Gasteiger partial charge in [0.1, 0.15) is 0 Å². The number of hydrogen-bond acceptors (Lipinski definition) is 6. The summed E-state index contributed by atoms with van der Waals surface area (Å²) in [6.07, 6.45) is 0.370. The first-order valence-electron chi connectivity index (χ1n) is 10.4. The summed E-state index contributed by atoms with van der Waals surface area (Å²) in [6, 6.07) is 14.0. The number of aromatic nitrogens is 1. The monoisotopic (exact) mass is 462 g/mol. The summed E-state index contributed by atoms with van der Waals surface area (Å²) in [5, 5.41) is 7.90. The van der Waals surface area contributed by atoms with Crippen molar-refractivity contribution >= 4 is 45.8 Å². The van der Waals surface area contributed by atoms with E-state index in [0.29, 0.717) is 16.4 Å². The van der Waals surface area contributed by atoms with Crippen molar-refractivity contribution < 1.29 is 19.2 Å². The fourth-order valence-corrected chi connectivity index (χ4v) is 4.33. The fourth-order valence-electron chi connectivity index (χ4n) is 3.61. The topological polar surface area (TPSA) is 108 Å². The van der Waals surface area contributed by atoms with Crippen LogP contribution in [0.1, 0.15) is 48.7 Å². The molecule has 0 radical (unpaired) electrons. The zero-order valence-corrected chi connectivity index (χ0v) is 18.9. The lowest BCUT2D eigenvalue weighted by Crippen LogP contribution is -2.28. The van der Waals surface area contributed by atoms with Crippen LogP contribution in [0.15, 0.2) is 53.9 Å². The number of nitrogens with one attached hydrogen (secondary N) is 2. The standard InChI is InChI=1S/C24H22N4O4S/c1-14(25-15(2)29)16-6-8-17(9-7-16)20-13-33-24(26-20)27-23(32)18-4-3-5-19(12-18)28-21(30)10-11-22(28)31/h3-9,12-14H,10-11H2,1-2H3,(H,25,29)(H,26,27,32). The maximum atomic E-state index is 12.7. The number of carbonyl (C=O) groups excluding carboxylic acids is 4. The molecule has 4 amide bonds. The molecule has 4 rings (SSSR count). The quantitative estimate of drug-likeness (QED) is 0.540. The van der Waals surface area contributed by atoms with E-state index in [1.807, 2.05) is 36.6 Å². The van der Waals surface area contributed by atoms with Gasteiger partial charge in [-0.2, -0.15) is 0 Å². The predicted octanol–water partition coefficient (Wildman–Crippen LogP) is 3.91. The smallest absolute Gasteiger partial charge is 0.257 e. The van der Waals surface area contributed by atoms with E-state index in [0.717, 1.165) is 21.7 Å². The Labute approximate surface area is 194 Å². The Morgan fingerprint density at radius 2 is 1.76 bits per heavy atom. The molecular weight excluding hydrogens is 440 g/mol. The first-order valence-corrected chi connectivity index (χ1v) is 11.3. The molecule has 3 aromatic rings. The molecule has 0 aliphatic carbocycles. The second-order valence-corrected chi connectivity index (χ2v) is 8.57.